The van der Waals surface area contributed by atoms with Crippen molar-refractivity contribution in [2.45, 2.75) is 25.8 Å². The summed E-state index contributed by atoms with van der Waals surface area (Å²) in [5.41, 5.74) is 1.63. The average molecular weight is 415 g/mol. The van der Waals surface area contributed by atoms with Gasteiger partial charge in [0.1, 0.15) is 22.5 Å². The Morgan fingerprint density at radius 3 is 2.79 bits per heavy atom. The number of hydrogen-bond acceptors (Lipinski definition) is 7. The molecule has 1 aliphatic heterocycles. The monoisotopic (exact) mass is 415 g/mol. The van der Waals surface area contributed by atoms with Crippen molar-refractivity contribution in [2.75, 3.05) is 31.6 Å². The number of hydrogen-bond donors (Lipinski definition) is 2. The highest BCUT2D eigenvalue weighted by atomic mass is 32.1. The summed E-state index contributed by atoms with van der Waals surface area (Å²) in [6, 6.07) is 3.88. The zero-order valence-corrected chi connectivity index (χ0v) is 16.9. The largest absolute Gasteiger partial charge is 0.324 e. The van der Waals surface area contributed by atoms with Gasteiger partial charge in [0.2, 0.25) is 0 Å². The number of aryl methyl sites for hydroxylation is 1. The molecule has 2 amide bonds. The van der Waals surface area contributed by atoms with Crippen LogP contribution in [0.15, 0.2) is 24.5 Å². The number of fused-ring (bicyclic) bond motifs is 1. The third kappa shape index (κ3) is 4.65. The number of nitrogens with one attached hydrogen (secondary N) is 2. The lowest BCUT2D eigenvalue weighted by Crippen LogP contribution is -2.46. The minimum absolute atomic E-state index is 0.176. The summed E-state index contributed by atoms with van der Waals surface area (Å²) >= 11 is 1.51. The van der Waals surface area contributed by atoms with Crippen LogP contribution in [0.4, 0.5) is 15.0 Å². The third-order valence-electron chi connectivity index (χ3n) is 4.89. The highest BCUT2D eigenvalue weighted by Crippen LogP contribution is 2.26. The standard InChI is InChI=1S/C19H22FN7OS/c1-12-25-26-18(29-12)14-8-13-9-17(23-11-16(13)22-10-14)24-19(28)27-6-2-15(3-7-27)21-5-4-20/h8-11,15,21H,2-7H2,1H3,(H,23,24,28). The van der Waals surface area contributed by atoms with E-state index < -0.39 is 0 Å². The molecule has 4 rings (SSSR count). The summed E-state index contributed by atoms with van der Waals surface area (Å²) < 4.78 is 12.3. The van der Waals surface area contributed by atoms with Crippen molar-refractivity contribution in [1.29, 1.82) is 0 Å². The number of alkyl halides is 1. The number of carbonyl (C=O) groups is 1. The van der Waals surface area contributed by atoms with Crippen molar-refractivity contribution >= 4 is 34.1 Å². The highest BCUT2D eigenvalue weighted by Gasteiger charge is 2.22. The number of carbonyl (C=O) groups excluding carboxylic acids is 1. The van der Waals surface area contributed by atoms with E-state index in [9.17, 15) is 9.18 Å². The second-order valence-electron chi connectivity index (χ2n) is 6.95. The van der Waals surface area contributed by atoms with Gasteiger partial charge in [0.05, 0.1) is 11.7 Å². The lowest BCUT2D eigenvalue weighted by atomic mass is 10.1. The molecule has 1 aliphatic rings. The Morgan fingerprint density at radius 2 is 2.07 bits per heavy atom. The predicted molar refractivity (Wildman–Crippen MR) is 111 cm³/mol. The highest BCUT2D eigenvalue weighted by molar-refractivity contribution is 7.14. The maximum Gasteiger partial charge on any atom is 0.323 e. The van der Waals surface area contributed by atoms with Crippen molar-refractivity contribution in [3.63, 3.8) is 0 Å². The van der Waals surface area contributed by atoms with E-state index in [1.807, 2.05) is 19.1 Å². The van der Waals surface area contributed by atoms with Gasteiger partial charge in [-0.2, -0.15) is 0 Å². The summed E-state index contributed by atoms with van der Waals surface area (Å²) in [4.78, 5) is 23.1. The molecule has 0 saturated carbocycles. The SMILES string of the molecule is Cc1nnc(-c2cnc3cnc(NC(=O)N4CCC(NCCF)CC4)cc3c2)s1. The lowest BCUT2D eigenvalue weighted by Gasteiger charge is -2.32. The number of anilines is 1. The fraction of sp³-hybridized carbons (Fsp3) is 0.421. The van der Waals surface area contributed by atoms with Crippen LogP contribution >= 0.6 is 11.3 Å². The molecule has 29 heavy (non-hydrogen) atoms. The zero-order chi connectivity index (χ0) is 20.2. The van der Waals surface area contributed by atoms with Crippen molar-refractivity contribution in [2.24, 2.45) is 0 Å². The first-order valence-corrected chi connectivity index (χ1v) is 10.4. The third-order valence-corrected chi connectivity index (χ3v) is 5.77. The molecule has 0 bridgehead atoms. The number of urea groups is 1. The van der Waals surface area contributed by atoms with E-state index in [0.717, 1.165) is 39.3 Å². The van der Waals surface area contributed by atoms with E-state index in [2.05, 4.69) is 30.8 Å². The molecule has 4 heterocycles. The van der Waals surface area contributed by atoms with Crippen LogP contribution in [0, 0.1) is 6.92 Å². The molecule has 0 aromatic carbocycles. The quantitative estimate of drug-likeness (QED) is 0.665. The number of amides is 2. The Bertz CT molecular complexity index is 1000. The van der Waals surface area contributed by atoms with Gasteiger partial charge < -0.3 is 10.2 Å². The Balaban J connectivity index is 1.43. The summed E-state index contributed by atoms with van der Waals surface area (Å²) in [6.07, 6.45) is 5.02. The number of piperidine rings is 1. The predicted octanol–water partition coefficient (Wildman–Crippen LogP) is 3.01. The van der Waals surface area contributed by atoms with E-state index in [1.165, 1.54) is 11.3 Å². The van der Waals surface area contributed by atoms with Gasteiger partial charge in [0.25, 0.3) is 0 Å². The number of rotatable bonds is 5. The number of halogens is 1. The van der Waals surface area contributed by atoms with Crippen LogP contribution < -0.4 is 10.6 Å². The van der Waals surface area contributed by atoms with Crippen molar-refractivity contribution < 1.29 is 9.18 Å². The van der Waals surface area contributed by atoms with E-state index in [4.69, 9.17) is 0 Å². The van der Waals surface area contributed by atoms with Gasteiger partial charge in [-0.25, -0.2) is 14.2 Å². The molecule has 0 atom stereocenters. The smallest absolute Gasteiger partial charge is 0.323 e. The van der Waals surface area contributed by atoms with E-state index in [0.29, 0.717) is 25.5 Å². The molecule has 152 valence electrons. The first-order valence-electron chi connectivity index (χ1n) is 9.54. The Morgan fingerprint density at radius 1 is 1.24 bits per heavy atom. The summed E-state index contributed by atoms with van der Waals surface area (Å²) in [5, 5.41) is 16.8. The van der Waals surface area contributed by atoms with Crippen LogP contribution in [0.25, 0.3) is 21.5 Å². The molecular weight excluding hydrogens is 393 g/mol. The summed E-state index contributed by atoms with van der Waals surface area (Å²) in [5.74, 6) is 0.479. The molecule has 2 N–H and O–H groups in total. The summed E-state index contributed by atoms with van der Waals surface area (Å²) in [7, 11) is 0. The van der Waals surface area contributed by atoms with Crippen LogP contribution in [0.3, 0.4) is 0 Å². The molecule has 0 radical (unpaired) electrons. The Labute approximate surface area is 171 Å². The fourth-order valence-corrected chi connectivity index (χ4v) is 4.04. The Kier molecular flexibility index (Phi) is 5.91. The van der Waals surface area contributed by atoms with Gasteiger partial charge in [-0.1, -0.05) is 11.3 Å². The molecule has 3 aromatic rings. The lowest BCUT2D eigenvalue weighted by molar-refractivity contribution is 0.188. The van der Waals surface area contributed by atoms with Gasteiger partial charge >= 0.3 is 6.03 Å². The molecule has 0 unspecified atom stereocenters. The van der Waals surface area contributed by atoms with Crippen molar-refractivity contribution in [1.82, 2.24) is 30.4 Å². The van der Waals surface area contributed by atoms with Crippen molar-refractivity contribution in [3.8, 4) is 10.6 Å². The average Bonchev–Trinajstić information content (AvgIpc) is 3.18. The molecule has 0 spiro atoms. The maximum absolute atomic E-state index is 12.6. The molecule has 0 aliphatic carbocycles. The van der Waals surface area contributed by atoms with Gasteiger partial charge in [-0.3, -0.25) is 10.3 Å². The minimum Gasteiger partial charge on any atom is -0.324 e. The van der Waals surface area contributed by atoms with Gasteiger partial charge in [0, 0.05) is 42.8 Å². The van der Waals surface area contributed by atoms with Crippen LogP contribution in [0.5, 0.6) is 0 Å². The fourth-order valence-electron chi connectivity index (χ4n) is 3.36. The second kappa shape index (κ2) is 8.75. The molecule has 1 saturated heterocycles. The van der Waals surface area contributed by atoms with Crippen molar-refractivity contribution in [3.05, 3.63) is 29.5 Å². The van der Waals surface area contributed by atoms with Crippen LogP contribution in [-0.4, -0.2) is 63.4 Å². The Hall–Kier alpha value is -2.72. The van der Waals surface area contributed by atoms with Gasteiger partial charge in [0.15, 0.2) is 0 Å². The molecule has 10 heteroatoms. The normalized spacial score (nSPS) is 15.0. The van der Waals surface area contributed by atoms with Gasteiger partial charge in [-0.05, 0) is 31.9 Å². The number of aromatic nitrogens is 4. The van der Waals surface area contributed by atoms with Crippen LogP contribution in [-0.2, 0) is 0 Å². The first kappa shape index (κ1) is 19.6. The van der Waals surface area contributed by atoms with E-state index >= 15 is 0 Å². The number of nitrogens with zero attached hydrogens (tertiary/aromatic N) is 5. The number of pyridine rings is 2. The zero-order valence-electron chi connectivity index (χ0n) is 16.1. The number of likely N-dealkylation sites (tertiary alicyclic amines) is 1. The first-order chi connectivity index (χ1) is 14.1. The van der Waals surface area contributed by atoms with Crippen LogP contribution in [0.1, 0.15) is 17.8 Å². The molecule has 8 nitrogen and oxygen atoms in total. The van der Waals surface area contributed by atoms with Crippen LogP contribution in [0.2, 0.25) is 0 Å². The maximum atomic E-state index is 12.6. The van der Waals surface area contributed by atoms with E-state index in [1.54, 1.807) is 17.3 Å². The second-order valence-corrected chi connectivity index (χ2v) is 8.13. The van der Waals surface area contributed by atoms with Gasteiger partial charge in [-0.15, -0.1) is 10.2 Å². The topological polar surface area (TPSA) is 95.9 Å². The summed E-state index contributed by atoms with van der Waals surface area (Å²) in [6.45, 7) is 3.16. The molecule has 3 aromatic heterocycles. The molecular formula is C19H22FN7OS. The van der Waals surface area contributed by atoms with E-state index in [-0.39, 0.29) is 18.7 Å². The minimum atomic E-state index is -0.371. The molecule has 1 fully saturated rings.